The van der Waals surface area contributed by atoms with Crippen molar-refractivity contribution in [2.75, 3.05) is 14.7 Å². The third-order valence-electron chi connectivity index (χ3n) is 14.6. The first-order chi connectivity index (χ1) is 28.9. The van der Waals surface area contributed by atoms with Crippen molar-refractivity contribution >= 4 is 79.4 Å². The van der Waals surface area contributed by atoms with Crippen molar-refractivity contribution in [3.63, 3.8) is 0 Å². The summed E-state index contributed by atoms with van der Waals surface area (Å²) in [6.45, 7) is 7.54. The number of rotatable bonds is 5. The van der Waals surface area contributed by atoms with Crippen LogP contribution in [0.5, 0.6) is 0 Å². The summed E-state index contributed by atoms with van der Waals surface area (Å²) in [5.74, 6) is 0. The molecule has 0 spiro atoms. The molecule has 4 heteroatoms. The molecule has 3 aliphatic heterocycles. The number of aryl methyl sites for hydroxylation is 1. The first kappa shape index (κ1) is 34.5. The van der Waals surface area contributed by atoms with Crippen LogP contribution in [0.4, 0.5) is 45.5 Å². The Labute approximate surface area is 348 Å². The number of fused-ring (bicyclic) bond motifs is 8. The average Bonchev–Trinajstić information content (AvgIpc) is 3.49. The molecule has 8 aromatic rings. The van der Waals surface area contributed by atoms with E-state index in [4.69, 9.17) is 0 Å². The molecule has 3 heterocycles. The van der Waals surface area contributed by atoms with Crippen molar-refractivity contribution < 1.29 is 0 Å². The third-order valence-corrected chi connectivity index (χ3v) is 14.6. The van der Waals surface area contributed by atoms with E-state index in [1.165, 1.54) is 104 Å². The zero-order valence-electron chi connectivity index (χ0n) is 34.0. The van der Waals surface area contributed by atoms with E-state index in [-0.39, 0.29) is 17.7 Å². The zero-order valence-corrected chi connectivity index (χ0v) is 34.0. The first-order valence-corrected chi connectivity index (χ1v) is 21.4. The van der Waals surface area contributed by atoms with Gasteiger partial charge in [-0.25, -0.2) is 0 Å². The van der Waals surface area contributed by atoms with E-state index in [0.29, 0.717) is 0 Å². The van der Waals surface area contributed by atoms with Gasteiger partial charge in [0.25, 0.3) is 6.71 Å². The van der Waals surface area contributed by atoms with Crippen LogP contribution in [0.1, 0.15) is 50.7 Å². The first-order valence-electron chi connectivity index (χ1n) is 21.4. The summed E-state index contributed by atoms with van der Waals surface area (Å²) < 4.78 is 0. The lowest BCUT2D eigenvalue weighted by molar-refractivity contribution is 0.195. The van der Waals surface area contributed by atoms with Gasteiger partial charge in [-0.05, 0) is 137 Å². The molecular weight excluding hydrogens is 713 g/mol. The summed E-state index contributed by atoms with van der Waals surface area (Å²) in [7, 11) is 0. The van der Waals surface area contributed by atoms with Gasteiger partial charge >= 0.3 is 0 Å². The number of benzene rings is 8. The maximum atomic E-state index is 2.82. The fraction of sp³-hybridized carbons (Fsp3) is 0.164. The van der Waals surface area contributed by atoms with E-state index in [1.807, 2.05) is 0 Å². The highest BCUT2D eigenvalue weighted by molar-refractivity contribution is 7.00. The molecule has 3 nitrogen and oxygen atoms in total. The molecule has 0 amide bonds. The van der Waals surface area contributed by atoms with E-state index in [1.54, 1.807) is 0 Å². The van der Waals surface area contributed by atoms with Gasteiger partial charge in [-0.15, -0.1) is 0 Å². The molecule has 59 heavy (non-hydrogen) atoms. The molecule has 1 aliphatic carbocycles. The van der Waals surface area contributed by atoms with Crippen LogP contribution >= 0.6 is 0 Å². The molecule has 2 unspecified atom stereocenters. The standard InChI is InChI=1S/C55H46BN3/c1-37-33-50-52-51(34-37)59-53-46(54(2)31-12-13-32-55(54,59)3)27-16-28-48(53)56(52)47-30-29-43(36-49(47)58(50)41-22-8-5-9-23-41)57(40-20-6-4-7-21-40)42-24-14-19-39(35-42)45-26-15-18-38-17-10-11-25-44(38)45/h4-11,14-30,33-36H,12-13,31-32H2,1-3H3. The Bertz CT molecular complexity index is 2970. The minimum atomic E-state index is 0.00862. The van der Waals surface area contributed by atoms with E-state index < -0.39 is 0 Å². The summed E-state index contributed by atoms with van der Waals surface area (Å²) in [6, 6.07) is 65.8. The van der Waals surface area contributed by atoms with Gasteiger partial charge in [0.05, 0.1) is 5.54 Å². The van der Waals surface area contributed by atoms with E-state index in [0.717, 1.165) is 17.1 Å². The summed E-state index contributed by atoms with van der Waals surface area (Å²) in [5.41, 5.74) is 19.5. The largest absolute Gasteiger partial charge is 0.335 e. The maximum absolute atomic E-state index is 2.82. The molecule has 0 bridgehead atoms. The molecule has 8 aromatic carbocycles. The van der Waals surface area contributed by atoms with E-state index in [2.05, 4.69) is 211 Å². The van der Waals surface area contributed by atoms with Crippen LogP contribution in [0.25, 0.3) is 21.9 Å². The van der Waals surface area contributed by atoms with Crippen LogP contribution in [0.2, 0.25) is 0 Å². The monoisotopic (exact) mass is 759 g/mol. The predicted molar refractivity (Wildman–Crippen MR) is 251 cm³/mol. The van der Waals surface area contributed by atoms with Gasteiger partial charge < -0.3 is 14.7 Å². The van der Waals surface area contributed by atoms with Gasteiger partial charge in [-0.3, -0.25) is 0 Å². The Balaban J connectivity index is 1.10. The highest BCUT2D eigenvalue weighted by atomic mass is 15.3. The fourth-order valence-corrected chi connectivity index (χ4v) is 11.7. The lowest BCUT2D eigenvalue weighted by Crippen LogP contribution is -2.64. The van der Waals surface area contributed by atoms with Gasteiger partial charge in [0.2, 0.25) is 0 Å². The maximum Gasteiger partial charge on any atom is 0.252 e. The predicted octanol–water partition coefficient (Wildman–Crippen LogP) is 12.6. The molecular formula is C55H46BN3. The molecule has 1 fully saturated rings. The summed E-state index contributed by atoms with van der Waals surface area (Å²) in [4.78, 5) is 7.82. The van der Waals surface area contributed by atoms with Crippen molar-refractivity contribution in [2.24, 2.45) is 0 Å². The van der Waals surface area contributed by atoms with E-state index in [9.17, 15) is 0 Å². The Morgan fingerprint density at radius 1 is 0.559 bits per heavy atom. The van der Waals surface area contributed by atoms with Crippen molar-refractivity contribution in [3.05, 3.63) is 187 Å². The Morgan fingerprint density at radius 2 is 1.25 bits per heavy atom. The summed E-state index contributed by atoms with van der Waals surface area (Å²) >= 11 is 0. The quantitative estimate of drug-likeness (QED) is 0.162. The molecule has 0 radical (unpaired) electrons. The van der Waals surface area contributed by atoms with E-state index >= 15 is 0 Å². The van der Waals surface area contributed by atoms with Gasteiger partial charge in [0, 0.05) is 50.9 Å². The van der Waals surface area contributed by atoms with Crippen molar-refractivity contribution in [3.8, 4) is 11.1 Å². The lowest BCUT2D eigenvalue weighted by atomic mass is 9.33. The van der Waals surface area contributed by atoms with Crippen molar-refractivity contribution in [1.82, 2.24) is 0 Å². The second kappa shape index (κ2) is 12.7. The number of hydrogen-bond donors (Lipinski definition) is 0. The van der Waals surface area contributed by atoms with Crippen LogP contribution in [0.3, 0.4) is 0 Å². The fourth-order valence-electron chi connectivity index (χ4n) is 11.7. The topological polar surface area (TPSA) is 9.72 Å². The molecule has 4 aliphatic rings. The third kappa shape index (κ3) is 4.83. The second-order valence-electron chi connectivity index (χ2n) is 17.7. The Morgan fingerprint density at radius 3 is 2.12 bits per heavy atom. The molecule has 2 atom stereocenters. The van der Waals surface area contributed by atoms with Gasteiger partial charge in [-0.1, -0.05) is 135 Å². The Kier molecular flexibility index (Phi) is 7.45. The van der Waals surface area contributed by atoms with Crippen LogP contribution in [0, 0.1) is 6.92 Å². The molecule has 0 aromatic heterocycles. The summed E-state index contributed by atoms with van der Waals surface area (Å²) in [5, 5.41) is 2.52. The molecule has 1 saturated carbocycles. The van der Waals surface area contributed by atoms with Gasteiger partial charge in [0.15, 0.2) is 0 Å². The molecule has 0 saturated heterocycles. The lowest BCUT2D eigenvalue weighted by Gasteiger charge is -2.52. The average molecular weight is 760 g/mol. The van der Waals surface area contributed by atoms with Crippen LogP contribution < -0.4 is 31.1 Å². The molecule has 12 rings (SSSR count). The van der Waals surface area contributed by atoms with Crippen LogP contribution in [0.15, 0.2) is 176 Å². The second-order valence-corrected chi connectivity index (χ2v) is 17.7. The number of para-hydroxylation sites is 3. The SMILES string of the molecule is Cc1cc2c3c(c1)N1c4c(cccc4C4(C)CCCCC14C)B3c1ccc(N(c3ccccc3)c3cccc(-c4cccc5ccccc45)c3)cc1N2c1ccccc1. The minimum Gasteiger partial charge on any atom is -0.335 e. The highest BCUT2D eigenvalue weighted by Gasteiger charge is 2.61. The number of anilines is 8. The van der Waals surface area contributed by atoms with Crippen LogP contribution in [-0.2, 0) is 5.41 Å². The smallest absolute Gasteiger partial charge is 0.252 e. The van der Waals surface area contributed by atoms with Crippen molar-refractivity contribution in [2.45, 2.75) is 57.4 Å². The Hall–Kier alpha value is -6.52. The summed E-state index contributed by atoms with van der Waals surface area (Å²) in [6.07, 6.45) is 4.98. The van der Waals surface area contributed by atoms with Crippen molar-refractivity contribution in [1.29, 1.82) is 0 Å². The number of nitrogens with zero attached hydrogens (tertiary/aromatic N) is 3. The molecule has 284 valence electrons. The molecule has 0 N–H and O–H groups in total. The van der Waals surface area contributed by atoms with Crippen LogP contribution in [-0.4, -0.2) is 12.3 Å². The zero-order chi connectivity index (χ0) is 39.5. The van der Waals surface area contributed by atoms with Gasteiger partial charge in [-0.2, -0.15) is 0 Å². The van der Waals surface area contributed by atoms with Gasteiger partial charge in [0.1, 0.15) is 0 Å². The minimum absolute atomic E-state index is 0.00862. The normalized spacial score (nSPS) is 19.5. The highest BCUT2D eigenvalue weighted by Crippen LogP contribution is 2.61. The number of hydrogen-bond acceptors (Lipinski definition) is 3.